The smallest absolute Gasteiger partial charge is 0.225 e. The molecule has 1 aromatic rings. The number of halogens is 2. The van der Waals surface area contributed by atoms with Crippen LogP contribution in [0.15, 0.2) is 21.5 Å². The summed E-state index contributed by atoms with van der Waals surface area (Å²) >= 11 is 5.28. The molecule has 0 aliphatic carbocycles. The van der Waals surface area contributed by atoms with Gasteiger partial charge in [-0.1, -0.05) is 15.9 Å². The maximum atomic E-state index is 11.1. The van der Waals surface area contributed by atoms with E-state index in [0.29, 0.717) is 10.0 Å². The standard InChI is InChI=1S/C7H7BrINO2S/c1-4-6(9)2-5(8)3-7(4)13(10,11)12/h2-3H,1H3,(H2,10,11,12). The molecule has 1 aromatic carbocycles. The van der Waals surface area contributed by atoms with Crippen molar-refractivity contribution in [2.24, 2.45) is 5.14 Å². The van der Waals surface area contributed by atoms with Crippen LogP contribution in [0.5, 0.6) is 0 Å². The van der Waals surface area contributed by atoms with E-state index in [9.17, 15) is 8.42 Å². The van der Waals surface area contributed by atoms with E-state index in [0.717, 1.165) is 3.57 Å². The summed E-state index contributed by atoms with van der Waals surface area (Å²) in [6.07, 6.45) is 0. The lowest BCUT2D eigenvalue weighted by atomic mass is 10.2. The molecule has 0 heterocycles. The van der Waals surface area contributed by atoms with Crippen LogP contribution >= 0.6 is 38.5 Å². The van der Waals surface area contributed by atoms with Crippen molar-refractivity contribution in [1.82, 2.24) is 0 Å². The van der Waals surface area contributed by atoms with E-state index in [-0.39, 0.29) is 4.90 Å². The third-order valence-corrected chi connectivity index (χ3v) is 4.18. The largest absolute Gasteiger partial charge is 0.238 e. The zero-order valence-electron chi connectivity index (χ0n) is 6.71. The van der Waals surface area contributed by atoms with Crippen molar-refractivity contribution in [3.63, 3.8) is 0 Å². The van der Waals surface area contributed by atoms with Crippen molar-refractivity contribution in [1.29, 1.82) is 0 Å². The van der Waals surface area contributed by atoms with Crippen molar-refractivity contribution < 1.29 is 8.42 Å². The maximum Gasteiger partial charge on any atom is 0.238 e. The molecule has 0 amide bonds. The molecule has 3 nitrogen and oxygen atoms in total. The lowest BCUT2D eigenvalue weighted by Crippen LogP contribution is -2.14. The molecule has 6 heteroatoms. The van der Waals surface area contributed by atoms with Gasteiger partial charge in [-0.05, 0) is 47.2 Å². The molecule has 0 atom stereocenters. The number of hydrogen-bond donors (Lipinski definition) is 1. The number of hydrogen-bond acceptors (Lipinski definition) is 2. The Labute approximate surface area is 99.0 Å². The van der Waals surface area contributed by atoms with Crippen LogP contribution in [0.4, 0.5) is 0 Å². The molecule has 0 radical (unpaired) electrons. The third-order valence-electron chi connectivity index (χ3n) is 1.57. The topological polar surface area (TPSA) is 60.2 Å². The molecule has 2 N–H and O–H groups in total. The summed E-state index contributed by atoms with van der Waals surface area (Å²) in [4.78, 5) is 0.172. The second-order valence-electron chi connectivity index (χ2n) is 2.56. The van der Waals surface area contributed by atoms with Gasteiger partial charge < -0.3 is 0 Å². The lowest BCUT2D eigenvalue weighted by Gasteiger charge is -2.05. The van der Waals surface area contributed by atoms with Crippen LogP contribution < -0.4 is 5.14 Å². The molecule has 0 aliphatic rings. The zero-order chi connectivity index (χ0) is 10.2. The summed E-state index contributed by atoms with van der Waals surface area (Å²) in [7, 11) is -3.61. The first-order valence-corrected chi connectivity index (χ1v) is 6.72. The minimum Gasteiger partial charge on any atom is -0.225 e. The molecule has 0 saturated heterocycles. The Balaban J connectivity index is 3.56. The van der Waals surface area contributed by atoms with E-state index in [2.05, 4.69) is 38.5 Å². The Morgan fingerprint density at radius 3 is 2.46 bits per heavy atom. The monoisotopic (exact) mass is 375 g/mol. The van der Waals surface area contributed by atoms with Crippen molar-refractivity contribution in [2.45, 2.75) is 11.8 Å². The van der Waals surface area contributed by atoms with Gasteiger partial charge in [0.05, 0.1) is 4.90 Å². The van der Waals surface area contributed by atoms with Gasteiger partial charge in [-0.3, -0.25) is 0 Å². The van der Waals surface area contributed by atoms with Gasteiger partial charge in [0.2, 0.25) is 10.0 Å². The molecular weight excluding hydrogens is 369 g/mol. The minimum atomic E-state index is -3.61. The molecule has 0 aliphatic heterocycles. The van der Waals surface area contributed by atoms with Gasteiger partial charge in [-0.2, -0.15) is 0 Å². The van der Waals surface area contributed by atoms with E-state index in [1.165, 1.54) is 6.07 Å². The number of rotatable bonds is 1. The number of sulfonamides is 1. The van der Waals surface area contributed by atoms with Crippen molar-refractivity contribution >= 4 is 48.5 Å². The van der Waals surface area contributed by atoms with E-state index < -0.39 is 10.0 Å². The summed E-state index contributed by atoms with van der Waals surface area (Å²) < 4.78 is 23.8. The van der Waals surface area contributed by atoms with E-state index in [4.69, 9.17) is 5.14 Å². The molecule has 0 fully saturated rings. The fraction of sp³-hybridized carbons (Fsp3) is 0.143. The van der Waals surface area contributed by atoms with Gasteiger partial charge in [0.25, 0.3) is 0 Å². The van der Waals surface area contributed by atoms with Crippen LogP contribution in [0.3, 0.4) is 0 Å². The van der Waals surface area contributed by atoms with Crippen molar-refractivity contribution in [2.75, 3.05) is 0 Å². The molecule has 13 heavy (non-hydrogen) atoms. The molecule has 1 rings (SSSR count). The Morgan fingerprint density at radius 2 is 2.00 bits per heavy atom. The Kier molecular flexibility index (Phi) is 3.37. The van der Waals surface area contributed by atoms with Crippen LogP contribution in [-0.4, -0.2) is 8.42 Å². The van der Waals surface area contributed by atoms with Crippen LogP contribution in [0.25, 0.3) is 0 Å². The fourth-order valence-corrected chi connectivity index (χ4v) is 3.59. The average Bonchev–Trinajstić information content (AvgIpc) is 1.94. The molecule has 0 bridgehead atoms. The van der Waals surface area contributed by atoms with Gasteiger partial charge in [0.1, 0.15) is 0 Å². The molecular formula is C7H7BrINO2S. The highest BCUT2D eigenvalue weighted by atomic mass is 127. The van der Waals surface area contributed by atoms with Gasteiger partial charge in [-0.15, -0.1) is 0 Å². The number of benzene rings is 1. The molecule has 0 unspecified atom stereocenters. The van der Waals surface area contributed by atoms with Crippen LogP contribution in [0.1, 0.15) is 5.56 Å². The molecule has 72 valence electrons. The highest BCUT2D eigenvalue weighted by molar-refractivity contribution is 14.1. The highest BCUT2D eigenvalue weighted by Crippen LogP contribution is 2.24. The van der Waals surface area contributed by atoms with Crippen LogP contribution in [0, 0.1) is 10.5 Å². The van der Waals surface area contributed by atoms with E-state index >= 15 is 0 Å². The predicted molar refractivity (Wildman–Crippen MR) is 63.0 cm³/mol. The Morgan fingerprint density at radius 1 is 1.46 bits per heavy atom. The van der Waals surface area contributed by atoms with Crippen LogP contribution in [0.2, 0.25) is 0 Å². The van der Waals surface area contributed by atoms with Crippen molar-refractivity contribution in [3.8, 4) is 0 Å². The van der Waals surface area contributed by atoms with Crippen LogP contribution in [-0.2, 0) is 10.0 Å². The normalized spacial score (nSPS) is 11.7. The van der Waals surface area contributed by atoms with E-state index in [1.807, 2.05) is 6.07 Å². The van der Waals surface area contributed by atoms with Gasteiger partial charge >= 0.3 is 0 Å². The quantitative estimate of drug-likeness (QED) is 0.763. The average molecular weight is 376 g/mol. The fourth-order valence-electron chi connectivity index (χ4n) is 0.918. The van der Waals surface area contributed by atoms with E-state index in [1.54, 1.807) is 6.92 Å². The first kappa shape index (κ1) is 11.4. The lowest BCUT2D eigenvalue weighted by molar-refractivity contribution is 0.597. The molecule has 0 aromatic heterocycles. The first-order valence-electron chi connectivity index (χ1n) is 3.31. The summed E-state index contributed by atoms with van der Waals surface area (Å²) in [6.45, 7) is 1.73. The van der Waals surface area contributed by atoms with Gasteiger partial charge in [0.15, 0.2) is 0 Å². The summed E-state index contributed by atoms with van der Waals surface area (Å²) in [5.74, 6) is 0. The minimum absolute atomic E-state index is 0.172. The second kappa shape index (κ2) is 3.84. The predicted octanol–water partition coefficient (Wildman–Crippen LogP) is 2.01. The third kappa shape index (κ3) is 2.64. The first-order chi connectivity index (χ1) is 5.82. The van der Waals surface area contributed by atoms with Crippen molar-refractivity contribution in [3.05, 3.63) is 25.7 Å². The van der Waals surface area contributed by atoms with Gasteiger partial charge in [0, 0.05) is 8.04 Å². The summed E-state index contributed by atoms with van der Waals surface area (Å²) in [5.41, 5.74) is 0.686. The Hall–Kier alpha value is 0.340. The molecule has 0 spiro atoms. The highest BCUT2D eigenvalue weighted by Gasteiger charge is 2.14. The summed E-state index contributed by atoms with van der Waals surface area (Å²) in [5, 5.41) is 5.04. The molecule has 0 saturated carbocycles. The number of nitrogens with two attached hydrogens (primary N) is 1. The van der Waals surface area contributed by atoms with Gasteiger partial charge in [-0.25, -0.2) is 13.6 Å². The SMILES string of the molecule is Cc1c(I)cc(Br)cc1S(N)(=O)=O. The summed E-state index contributed by atoms with van der Waals surface area (Å²) in [6, 6.07) is 3.34. The zero-order valence-corrected chi connectivity index (χ0v) is 11.3. The number of primary sulfonamides is 1. The maximum absolute atomic E-state index is 11.1. The second-order valence-corrected chi connectivity index (χ2v) is 6.16. The Bertz CT molecular complexity index is 444.